The summed E-state index contributed by atoms with van der Waals surface area (Å²) < 4.78 is 15.9. The fourth-order valence-corrected chi connectivity index (χ4v) is 1.96. The molecule has 1 aromatic carbocycles. The Labute approximate surface area is 116 Å². The second-order valence-corrected chi connectivity index (χ2v) is 4.40. The van der Waals surface area contributed by atoms with Crippen LogP contribution in [0.3, 0.4) is 0 Å². The van der Waals surface area contributed by atoms with Gasteiger partial charge in [-0.3, -0.25) is 4.79 Å². The molecule has 5 nitrogen and oxygen atoms in total. The van der Waals surface area contributed by atoms with Crippen LogP contribution >= 0.6 is 0 Å². The molecule has 0 aliphatic carbocycles. The molecule has 0 atom stereocenters. The van der Waals surface area contributed by atoms with E-state index in [-0.39, 0.29) is 24.8 Å². The molecule has 0 spiro atoms. The second kappa shape index (κ2) is 5.77. The molecule has 0 amide bonds. The van der Waals surface area contributed by atoms with E-state index in [1.807, 2.05) is 0 Å². The van der Waals surface area contributed by atoms with E-state index < -0.39 is 5.97 Å². The zero-order valence-corrected chi connectivity index (χ0v) is 11.7. The van der Waals surface area contributed by atoms with Crippen molar-refractivity contribution in [3.05, 3.63) is 29.5 Å². The van der Waals surface area contributed by atoms with E-state index in [1.54, 1.807) is 32.0 Å². The number of carbonyl (C=O) groups is 2. The average Bonchev–Trinajstić information content (AvgIpc) is 2.75. The number of rotatable bonds is 5. The van der Waals surface area contributed by atoms with Gasteiger partial charge in [0.15, 0.2) is 5.78 Å². The molecule has 0 fully saturated rings. The monoisotopic (exact) mass is 276 g/mol. The maximum atomic E-state index is 11.8. The summed E-state index contributed by atoms with van der Waals surface area (Å²) in [5.41, 5.74) is 1.18. The molecule has 0 unspecified atom stereocenters. The van der Waals surface area contributed by atoms with E-state index in [0.29, 0.717) is 22.3 Å². The van der Waals surface area contributed by atoms with Crippen molar-refractivity contribution in [3.8, 4) is 5.75 Å². The Morgan fingerprint density at radius 3 is 2.70 bits per heavy atom. The number of aryl methyl sites for hydroxylation is 1. The highest BCUT2D eigenvalue weighted by Crippen LogP contribution is 2.33. The number of fused-ring (bicyclic) bond motifs is 1. The molecular weight excluding hydrogens is 260 g/mol. The molecule has 0 saturated heterocycles. The minimum atomic E-state index is -0.501. The standard InChI is InChI=1S/C15H16O5/c1-4-18-15(17)14-10(3)13-11(19-8-9(2)16)6-5-7-12(13)20-14/h5-7H,4,8H2,1-3H3. The van der Waals surface area contributed by atoms with Crippen molar-refractivity contribution in [2.75, 3.05) is 13.2 Å². The number of benzene rings is 1. The van der Waals surface area contributed by atoms with Crippen LogP contribution in [0.2, 0.25) is 0 Å². The first-order chi connectivity index (χ1) is 9.54. The highest BCUT2D eigenvalue weighted by molar-refractivity contribution is 5.98. The first-order valence-corrected chi connectivity index (χ1v) is 6.36. The summed E-state index contributed by atoms with van der Waals surface area (Å²) in [5, 5.41) is 0.691. The molecule has 20 heavy (non-hydrogen) atoms. The van der Waals surface area contributed by atoms with Crippen LogP contribution in [0.15, 0.2) is 22.6 Å². The Morgan fingerprint density at radius 1 is 1.30 bits per heavy atom. The lowest BCUT2D eigenvalue weighted by Gasteiger charge is -2.05. The van der Waals surface area contributed by atoms with E-state index >= 15 is 0 Å². The number of esters is 1. The van der Waals surface area contributed by atoms with Crippen molar-refractivity contribution in [1.29, 1.82) is 0 Å². The Bertz CT molecular complexity index is 654. The van der Waals surface area contributed by atoms with E-state index in [1.165, 1.54) is 6.92 Å². The van der Waals surface area contributed by atoms with Gasteiger partial charge in [0.25, 0.3) is 0 Å². The van der Waals surface area contributed by atoms with Crippen molar-refractivity contribution < 1.29 is 23.5 Å². The normalized spacial score (nSPS) is 10.6. The van der Waals surface area contributed by atoms with Gasteiger partial charge in [0.1, 0.15) is 17.9 Å². The summed E-state index contributed by atoms with van der Waals surface area (Å²) in [6.07, 6.45) is 0. The van der Waals surface area contributed by atoms with Gasteiger partial charge in [-0.05, 0) is 32.9 Å². The molecule has 2 aromatic rings. The molecule has 0 bridgehead atoms. The minimum Gasteiger partial charge on any atom is -0.485 e. The Balaban J connectivity index is 2.46. The van der Waals surface area contributed by atoms with Gasteiger partial charge in [-0.25, -0.2) is 4.79 Å². The fraction of sp³-hybridized carbons (Fsp3) is 0.333. The smallest absolute Gasteiger partial charge is 0.374 e. The third-order valence-corrected chi connectivity index (χ3v) is 2.81. The molecule has 0 saturated carbocycles. The third kappa shape index (κ3) is 2.66. The second-order valence-electron chi connectivity index (χ2n) is 4.40. The van der Waals surface area contributed by atoms with Crippen molar-refractivity contribution in [1.82, 2.24) is 0 Å². The number of hydrogen-bond donors (Lipinski definition) is 0. The van der Waals surface area contributed by atoms with Crippen LogP contribution in [0.5, 0.6) is 5.75 Å². The molecule has 1 aromatic heterocycles. The summed E-state index contributed by atoms with van der Waals surface area (Å²) in [4.78, 5) is 22.8. The van der Waals surface area contributed by atoms with Crippen LogP contribution < -0.4 is 4.74 Å². The summed E-state index contributed by atoms with van der Waals surface area (Å²) in [7, 11) is 0. The summed E-state index contributed by atoms with van der Waals surface area (Å²) in [6, 6.07) is 5.23. The number of ketones is 1. The van der Waals surface area contributed by atoms with Gasteiger partial charge >= 0.3 is 5.97 Å². The number of furan rings is 1. The first-order valence-electron chi connectivity index (χ1n) is 6.36. The van der Waals surface area contributed by atoms with Gasteiger partial charge in [-0.15, -0.1) is 0 Å². The van der Waals surface area contributed by atoms with Crippen LogP contribution in [0, 0.1) is 6.92 Å². The van der Waals surface area contributed by atoms with Crippen LogP contribution in [-0.2, 0) is 9.53 Å². The lowest BCUT2D eigenvalue weighted by Crippen LogP contribution is -2.07. The topological polar surface area (TPSA) is 65.7 Å². The van der Waals surface area contributed by atoms with Crippen molar-refractivity contribution >= 4 is 22.7 Å². The maximum Gasteiger partial charge on any atom is 0.374 e. The fourth-order valence-electron chi connectivity index (χ4n) is 1.96. The third-order valence-electron chi connectivity index (χ3n) is 2.81. The number of ether oxygens (including phenoxy) is 2. The number of carbonyl (C=O) groups excluding carboxylic acids is 2. The quantitative estimate of drug-likeness (QED) is 0.785. The summed E-state index contributed by atoms with van der Waals surface area (Å²) in [5.74, 6) is 0.114. The van der Waals surface area contributed by atoms with Crippen LogP contribution in [0.4, 0.5) is 0 Å². The zero-order valence-electron chi connectivity index (χ0n) is 11.7. The van der Waals surface area contributed by atoms with Crippen LogP contribution in [0.25, 0.3) is 11.0 Å². The van der Waals surface area contributed by atoms with Gasteiger partial charge < -0.3 is 13.9 Å². The van der Waals surface area contributed by atoms with Gasteiger partial charge in [0, 0.05) is 5.56 Å². The molecule has 0 aliphatic rings. The van der Waals surface area contributed by atoms with Crippen molar-refractivity contribution in [2.24, 2.45) is 0 Å². The van der Waals surface area contributed by atoms with Crippen LogP contribution in [0.1, 0.15) is 30.0 Å². The van der Waals surface area contributed by atoms with E-state index in [9.17, 15) is 9.59 Å². The first kappa shape index (κ1) is 14.1. The molecule has 5 heteroatoms. The van der Waals surface area contributed by atoms with Crippen molar-refractivity contribution in [2.45, 2.75) is 20.8 Å². The maximum absolute atomic E-state index is 11.8. The number of Topliss-reactive ketones (excluding diaryl/α,β-unsaturated/α-hetero) is 1. The minimum absolute atomic E-state index is 0.0154. The van der Waals surface area contributed by atoms with Gasteiger partial charge in [0.2, 0.25) is 5.76 Å². The molecule has 0 radical (unpaired) electrons. The van der Waals surface area contributed by atoms with Gasteiger partial charge in [-0.1, -0.05) is 6.07 Å². The van der Waals surface area contributed by atoms with Gasteiger partial charge in [0.05, 0.1) is 12.0 Å². The molecule has 1 heterocycles. The van der Waals surface area contributed by atoms with Crippen LogP contribution in [-0.4, -0.2) is 25.0 Å². The Morgan fingerprint density at radius 2 is 2.05 bits per heavy atom. The molecule has 0 N–H and O–H groups in total. The summed E-state index contributed by atoms with van der Waals surface area (Å²) >= 11 is 0. The molecule has 0 aliphatic heterocycles. The highest BCUT2D eigenvalue weighted by atomic mass is 16.5. The molecular formula is C15H16O5. The average molecular weight is 276 g/mol. The van der Waals surface area contributed by atoms with E-state index in [2.05, 4.69) is 0 Å². The Hall–Kier alpha value is -2.30. The SMILES string of the molecule is CCOC(=O)c1oc2cccc(OCC(C)=O)c2c1C. The predicted octanol–water partition coefficient (Wildman–Crippen LogP) is 2.89. The highest BCUT2D eigenvalue weighted by Gasteiger charge is 2.21. The lowest BCUT2D eigenvalue weighted by molar-refractivity contribution is -0.118. The largest absolute Gasteiger partial charge is 0.485 e. The molecule has 106 valence electrons. The molecule has 2 rings (SSSR count). The number of hydrogen-bond acceptors (Lipinski definition) is 5. The lowest BCUT2D eigenvalue weighted by atomic mass is 10.1. The zero-order chi connectivity index (χ0) is 14.7. The summed E-state index contributed by atoms with van der Waals surface area (Å²) in [6.45, 7) is 5.21. The van der Waals surface area contributed by atoms with E-state index in [4.69, 9.17) is 13.9 Å². The van der Waals surface area contributed by atoms with Crippen molar-refractivity contribution in [3.63, 3.8) is 0 Å². The van der Waals surface area contributed by atoms with Gasteiger partial charge in [-0.2, -0.15) is 0 Å². The van der Waals surface area contributed by atoms with E-state index in [0.717, 1.165) is 0 Å². The predicted molar refractivity (Wildman–Crippen MR) is 73.1 cm³/mol. The Kier molecular flexibility index (Phi) is 4.08.